The first kappa shape index (κ1) is 27.3. The number of carbonyl (C=O) groups is 2. The average molecular weight is 518 g/mol. The van der Waals surface area contributed by atoms with Gasteiger partial charge in [-0.25, -0.2) is 9.36 Å². The number of para-hydroxylation sites is 2. The molecule has 0 saturated carbocycles. The Morgan fingerprint density at radius 1 is 1.03 bits per heavy atom. The Hall–Kier alpha value is -4.77. The van der Waals surface area contributed by atoms with E-state index in [9.17, 15) is 9.59 Å². The molecule has 0 unspecified atom stereocenters. The number of benzene rings is 2. The Bertz CT molecular complexity index is 1600. The van der Waals surface area contributed by atoms with Crippen molar-refractivity contribution in [2.45, 2.75) is 13.8 Å². The van der Waals surface area contributed by atoms with Crippen LogP contribution in [0.1, 0.15) is 25.0 Å². The number of ketones is 1. The summed E-state index contributed by atoms with van der Waals surface area (Å²) in [6.07, 6.45) is 16.5. The largest absolute Gasteiger partial charge is 0.462 e. The van der Waals surface area contributed by atoms with E-state index < -0.39 is 5.97 Å². The SMILES string of the molecule is C/C=C\C(=CC=C1C=C(C(=O)OCC)C=C(/C=C/c2cc[n+](C)c3ccccc23)C1=O)c1ccccc1NC. The number of hydrogen-bond donors (Lipinski definition) is 1. The summed E-state index contributed by atoms with van der Waals surface area (Å²) in [6.45, 7) is 3.97. The van der Waals surface area contributed by atoms with Gasteiger partial charge >= 0.3 is 5.97 Å². The zero-order valence-corrected chi connectivity index (χ0v) is 22.8. The van der Waals surface area contributed by atoms with Gasteiger partial charge in [-0.3, -0.25) is 4.79 Å². The summed E-state index contributed by atoms with van der Waals surface area (Å²) in [5, 5.41) is 4.29. The Labute approximate surface area is 229 Å². The molecule has 3 aromatic rings. The van der Waals surface area contributed by atoms with Crippen molar-refractivity contribution < 1.29 is 18.9 Å². The number of nitrogens with one attached hydrogen (secondary N) is 1. The number of anilines is 1. The van der Waals surface area contributed by atoms with Gasteiger partial charge in [0.1, 0.15) is 7.05 Å². The Kier molecular flexibility index (Phi) is 8.85. The number of aryl methyl sites for hydroxylation is 1. The number of ether oxygens (including phenoxy) is 1. The molecule has 0 atom stereocenters. The normalized spacial score (nSPS) is 15.2. The van der Waals surface area contributed by atoms with Gasteiger partial charge in [0.25, 0.3) is 0 Å². The van der Waals surface area contributed by atoms with Gasteiger partial charge < -0.3 is 10.1 Å². The third-order valence-electron chi connectivity index (χ3n) is 6.47. The maximum absolute atomic E-state index is 13.6. The standard InChI is InChI=1S/C34H32N2O3/c1-5-11-24(29-12-7-9-14-31(29)35-3)16-18-26-22-28(34(38)39-6-2)23-27(33(26)37)19-17-25-20-21-36(4)32-15-10-8-13-30(25)32/h5,7-23H,6H2,1-4H3/p+1/b11-5-. The third kappa shape index (κ3) is 6.21. The summed E-state index contributed by atoms with van der Waals surface area (Å²) in [6, 6.07) is 18.1. The lowest BCUT2D eigenvalue weighted by atomic mass is 9.91. The summed E-state index contributed by atoms with van der Waals surface area (Å²) < 4.78 is 7.32. The van der Waals surface area contributed by atoms with Crippen LogP contribution in [0.4, 0.5) is 5.69 Å². The number of esters is 1. The van der Waals surface area contributed by atoms with Crippen LogP contribution >= 0.6 is 0 Å². The quantitative estimate of drug-likeness (QED) is 0.165. The lowest BCUT2D eigenvalue weighted by Gasteiger charge is -2.13. The highest BCUT2D eigenvalue weighted by molar-refractivity contribution is 6.17. The fourth-order valence-electron chi connectivity index (χ4n) is 4.51. The zero-order valence-electron chi connectivity index (χ0n) is 22.8. The maximum Gasteiger partial charge on any atom is 0.338 e. The Balaban J connectivity index is 1.77. The number of Topliss-reactive ketones (excluding diaryl/α,β-unsaturated/α-hetero) is 1. The summed E-state index contributed by atoms with van der Waals surface area (Å²) >= 11 is 0. The first-order chi connectivity index (χ1) is 19.0. The van der Waals surface area contributed by atoms with Crippen molar-refractivity contribution in [2.24, 2.45) is 7.05 Å². The van der Waals surface area contributed by atoms with Gasteiger partial charge in [0.05, 0.1) is 17.6 Å². The van der Waals surface area contributed by atoms with E-state index >= 15 is 0 Å². The number of aromatic nitrogens is 1. The molecule has 5 nitrogen and oxygen atoms in total. The van der Waals surface area contributed by atoms with Crippen LogP contribution in [0, 0.1) is 0 Å². The van der Waals surface area contributed by atoms with E-state index in [1.54, 1.807) is 31.2 Å². The Morgan fingerprint density at radius 2 is 1.79 bits per heavy atom. The minimum atomic E-state index is -0.461. The molecule has 0 fully saturated rings. The molecule has 0 amide bonds. The van der Waals surface area contributed by atoms with E-state index in [4.69, 9.17) is 4.74 Å². The molecule has 196 valence electrons. The van der Waals surface area contributed by atoms with E-state index in [1.807, 2.05) is 94.0 Å². The van der Waals surface area contributed by atoms with Crippen molar-refractivity contribution in [1.82, 2.24) is 0 Å². The fourth-order valence-corrected chi connectivity index (χ4v) is 4.51. The molecule has 4 rings (SSSR count). The van der Waals surface area contributed by atoms with E-state index in [0.29, 0.717) is 16.7 Å². The predicted molar refractivity (Wildman–Crippen MR) is 159 cm³/mol. The van der Waals surface area contributed by atoms with Crippen LogP contribution in [0.15, 0.2) is 120 Å². The second kappa shape index (κ2) is 12.7. The molecule has 1 N–H and O–H groups in total. The topological polar surface area (TPSA) is 59.3 Å². The number of hydrogen-bond acceptors (Lipinski definition) is 4. The number of pyridine rings is 1. The third-order valence-corrected chi connectivity index (χ3v) is 6.47. The minimum Gasteiger partial charge on any atom is -0.462 e. The number of allylic oxidation sites excluding steroid dienone is 9. The van der Waals surface area contributed by atoms with Gasteiger partial charge in [-0.05, 0) is 49.3 Å². The molecule has 2 aromatic carbocycles. The number of carbonyl (C=O) groups excluding carboxylic acids is 2. The number of rotatable bonds is 8. The van der Waals surface area contributed by atoms with Crippen molar-refractivity contribution in [3.05, 3.63) is 131 Å². The molecule has 0 aliphatic heterocycles. The molecule has 1 heterocycles. The molecule has 0 bridgehead atoms. The monoisotopic (exact) mass is 517 g/mol. The van der Waals surface area contributed by atoms with E-state index in [0.717, 1.165) is 33.3 Å². The van der Waals surface area contributed by atoms with Crippen LogP contribution in [0.3, 0.4) is 0 Å². The molecule has 5 heteroatoms. The lowest BCUT2D eigenvalue weighted by molar-refractivity contribution is -0.644. The molecule has 39 heavy (non-hydrogen) atoms. The zero-order chi connectivity index (χ0) is 27.8. The summed E-state index contributed by atoms with van der Waals surface area (Å²) in [4.78, 5) is 26.3. The van der Waals surface area contributed by atoms with Gasteiger partial charge in [0, 0.05) is 41.6 Å². The van der Waals surface area contributed by atoms with Gasteiger partial charge in [0.15, 0.2) is 12.0 Å². The van der Waals surface area contributed by atoms with Crippen molar-refractivity contribution in [3.8, 4) is 0 Å². The van der Waals surface area contributed by atoms with Crippen LogP contribution in [-0.4, -0.2) is 25.4 Å². The van der Waals surface area contributed by atoms with Gasteiger partial charge in [-0.15, -0.1) is 0 Å². The second-order valence-electron chi connectivity index (χ2n) is 9.02. The number of fused-ring (bicyclic) bond motifs is 1. The second-order valence-corrected chi connectivity index (χ2v) is 9.02. The van der Waals surface area contributed by atoms with Gasteiger partial charge in [0.2, 0.25) is 5.52 Å². The molecule has 1 aromatic heterocycles. The predicted octanol–water partition coefficient (Wildman–Crippen LogP) is 6.30. The average Bonchev–Trinajstić information content (AvgIpc) is 2.96. The van der Waals surface area contributed by atoms with E-state index in [1.165, 1.54) is 0 Å². The van der Waals surface area contributed by atoms with Crippen LogP contribution in [0.25, 0.3) is 22.6 Å². The highest BCUT2D eigenvalue weighted by Gasteiger charge is 2.22. The molecule has 1 aliphatic rings. The smallest absolute Gasteiger partial charge is 0.338 e. The highest BCUT2D eigenvalue weighted by Crippen LogP contribution is 2.27. The fraction of sp³-hybridized carbons (Fsp3) is 0.147. The van der Waals surface area contributed by atoms with Gasteiger partial charge in [-0.1, -0.05) is 66.8 Å². The highest BCUT2D eigenvalue weighted by atomic mass is 16.5. The summed E-state index contributed by atoms with van der Waals surface area (Å²) in [7, 11) is 3.88. The van der Waals surface area contributed by atoms with Crippen LogP contribution < -0.4 is 9.88 Å². The summed E-state index contributed by atoms with van der Waals surface area (Å²) in [5.74, 6) is -0.625. The lowest BCUT2D eigenvalue weighted by Crippen LogP contribution is -2.28. The first-order valence-electron chi connectivity index (χ1n) is 13.0. The van der Waals surface area contributed by atoms with Crippen LogP contribution in [0.5, 0.6) is 0 Å². The van der Waals surface area contributed by atoms with Crippen molar-refractivity contribution in [3.63, 3.8) is 0 Å². The molecule has 0 saturated heterocycles. The molecular formula is C34H33N2O3+. The van der Waals surface area contributed by atoms with Crippen molar-refractivity contribution in [1.29, 1.82) is 0 Å². The number of nitrogens with zero attached hydrogens (tertiary/aromatic N) is 1. The first-order valence-corrected chi connectivity index (χ1v) is 13.0. The van der Waals surface area contributed by atoms with Crippen LogP contribution in [-0.2, 0) is 21.4 Å². The summed E-state index contributed by atoms with van der Waals surface area (Å²) in [5.41, 5.74) is 6.15. The van der Waals surface area contributed by atoms with E-state index in [2.05, 4.69) is 22.0 Å². The van der Waals surface area contributed by atoms with Crippen molar-refractivity contribution in [2.75, 3.05) is 19.0 Å². The minimum absolute atomic E-state index is 0.164. The Morgan fingerprint density at radius 3 is 2.56 bits per heavy atom. The van der Waals surface area contributed by atoms with Gasteiger partial charge in [-0.2, -0.15) is 0 Å². The maximum atomic E-state index is 13.6. The van der Waals surface area contributed by atoms with E-state index in [-0.39, 0.29) is 12.4 Å². The van der Waals surface area contributed by atoms with Crippen molar-refractivity contribution >= 4 is 40.0 Å². The van der Waals surface area contributed by atoms with Crippen LogP contribution in [0.2, 0.25) is 0 Å². The molecule has 0 spiro atoms. The molecular weight excluding hydrogens is 484 g/mol. The molecule has 1 aliphatic carbocycles. The molecule has 0 radical (unpaired) electrons.